The van der Waals surface area contributed by atoms with Gasteiger partial charge in [-0.3, -0.25) is 14.3 Å². The summed E-state index contributed by atoms with van der Waals surface area (Å²) in [6.07, 6.45) is 1.96. The Hall–Kier alpha value is -1.85. The molecule has 18 heavy (non-hydrogen) atoms. The van der Waals surface area contributed by atoms with Gasteiger partial charge in [0.1, 0.15) is 5.69 Å². The molecular weight excluding hydrogens is 234 g/mol. The average molecular weight is 253 g/mol. The van der Waals surface area contributed by atoms with Gasteiger partial charge < -0.3 is 10.1 Å². The number of nitrogens with one attached hydrogen (secondary N) is 1. The summed E-state index contributed by atoms with van der Waals surface area (Å²) < 4.78 is 6.18. The highest BCUT2D eigenvalue weighted by Crippen LogP contribution is 2.19. The first-order chi connectivity index (χ1) is 8.34. The number of carbonyl (C=O) groups excluding carboxylic acids is 2. The number of ether oxygens (including phenoxy) is 1. The lowest BCUT2D eigenvalue weighted by atomic mass is 9.89. The molecule has 0 saturated carbocycles. The summed E-state index contributed by atoms with van der Waals surface area (Å²) in [6, 6.07) is 1.64. The van der Waals surface area contributed by atoms with E-state index in [9.17, 15) is 9.59 Å². The molecule has 0 spiro atoms. The van der Waals surface area contributed by atoms with Crippen LogP contribution in [0.5, 0.6) is 0 Å². The van der Waals surface area contributed by atoms with Crippen LogP contribution in [0.2, 0.25) is 0 Å². The maximum absolute atomic E-state index is 11.8. The van der Waals surface area contributed by atoms with Crippen LogP contribution in [-0.4, -0.2) is 35.3 Å². The van der Waals surface area contributed by atoms with E-state index in [0.717, 1.165) is 0 Å². The molecule has 0 saturated heterocycles. The number of aryl methyl sites for hydroxylation is 1. The van der Waals surface area contributed by atoms with Gasteiger partial charge in [-0.05, 0) is 11.5 Å². The lowest BCUT2D eigenvalue weighted by Crippen LogP contribution is -2.35. The molecule has 0 aliphatic rings. The van der Waals surface area contributed by atoms with E-state index in [1.54, 1.807) is 24.0 Å². The fraction of sp³-hybridized carbons (Fsp3) is 0.583. The molecule has 6 heteroatoms. The van der Waals surface area contributed by atoms with E-state index in [2.05, 4.69) is 15.2 Å². The number of carbonyl (C=O) groups is 2. The molecule has 1 aromatic rings. The van der Waals surface area contributed by atoms with E-state index < -0.39 is 0 Å². The highest BCUT2D eigenvalue weighted by molar-refractivity contribution is 5.92. The molecule has 1 heterocycles. The average Bonchev–Trinajstić information content (AvgIpc) is 2.72. The SMILES string of the molecule is COC(=O)CC(C)(C)CNC(=O)c1ccn(C)n1. The first-order valence-electron chi connectivity index (χ1n) is 5.69. The molecule has 1 amide bonds. The van der Waals surface area contributed by atoms with E-state index in [-0.39, 0.29) is 23.7 Å². The molecule has 0 unspecified atom stereocenters. The van der Waals surface area contributed by atoms with Crippen molar-refractivity contribution in [2.24, 2.45) is 12.5 Å². The Bertz CT molecular complexity index is 438. The second-order valence-corrected chi connectivity index (χ2v) is 4.97. The molecule has 0 aliphatic carbocycles. The van der Waals surface area contributed by atoms with Crippen LogP contribution in [0.4, 0.5) is 0 Å². The molecule has 0 aliphatic heterocycles. The normalized spacial score (nSPS) is 11.1. The summed E-state index contributed by atoms with van der Waals surface area (Å²) in [6.45, 7) is 4.17. The van der Waals surface area contributed by atoms with Crippen LogP contribution in [0.25, 0.3) is 0 Å². The Morgan fingerprint density at radius 1 is 1.50 bits per heavy atom. The van der Waals surface area contributed by atoms with Crippen molar-refractivity contribution < 1.29 is 14.3 Å². The molecule has 6 nitrogen and oxygen atoms in total. The molecule has 0 aromatic carbocycles. The first-order valence-corrected chi connectivity index (χ1v) is 5.69. The van der Waals surface area contributed by atoms with E-state index in [4.69, 9.17) is 0 Å². The van der Waals surface area contributed by atoms with Gasteiger partial charge in [-0.2, -0.15) is 5.10 Å². The summed E-state index contributed by atoms with van der Waals surface area (Å²) in [4.78, 5) is 23.0. The second-order valence-electron chi connectivity index (χ2n) is 4.97. The van der Waals surface area contributed by atoms with Crippen LogP contribution >= 0.6 is 0 Å². The van der Waals surface area contributed by atoms with Crippen LogP contribution in [0.3, 0.4) is 0 Å². The van der Waals surface area contributed by atoms with Gasteiger partial charge in [0.05, 0.1) is 13.5 Å². The maximum atomic E-state index is 11.8. The van der Waals surface area contributed by atoms with E-state index in [1.165, 1.54) is 7.11 Å². The van der Waals surface area contributed by atoms with Gasteiger partial charge in [0.2, 0.25) is 0 Å². The van der Waals surface area contributed by atoms with Gasteiger partial charge in [-0.1, -0.05) is 13.8 Å². The minimum absolute atomic E-state index is 0.242. The first kappa shape index (κ1) is 14.2. The molecule has 1 rings (SSSR count). The Morgan fingerprint density at radius 2 is 2.17 bits per heavy atom. The highest BCUT2D eigenvalue weighted by Gasteiger charge is 2.23. The lowest BCUT2D eigenvalue weighted by molar-refractivity contribution is -0.142. The maximum Gasteiger partial charge on any atom is 0.306 e. The van der Waals surface area contributed by atoms with Crippen molar-refractivity contribution in [2.45, 2.75) is 20.3 Å². The smallest absolute Gasteiger partial charge is 0.306 e. The van der Waals surface area contributed by atoms with Crippen molar-refractivity contribution in [1.82, 2.24) is 15.1 Å². The van der Waals surface area contributed by atoms with Gasteiger partial charge in [0, 0.05) is 19.8 Å². The van der Waals surface area contributed by atoms with Crippen LogP contribution in [-0.2, 0) is 16.6 Å². The highest BCUT2D eigenvalue weighted by atomic mass is 16.5. The molecule has 0 bridgehead atoms. The zero-order valence-electron chi connectivity index (χ0n) is 11.2. The molecule has 0 fully saturated rings. The third-order valence-corrected chi connectivity index (χ3v) is 2.52. The molecular formula is C12H19N3O3. The fourth-order valence-corrected chi connectivity index (χ4v) is 1.47. The van der Waals surface area contributed by atoms with Crippen LogP contribution in [0, 0.1) is 5.41 Å². The number of methoxy groups -OCH3 is 1. The predicted molar refractivity (Wildman–Crippen MR) is 66.0 cm³/mol. The zero-order valence-corrected chi connectivity index (χ0v) is 11.2. The second kappa shape index (κ2) is 5.66. The molecule has 100 valence electrons. The standard InChI is InChI=1S/C12H19N3O3/c1-12(2,7-10(16)18-4)8-13-11(17)9-5-6-15(3)14-9/h5-6H,7-8H2,1-4H3,(H,13,17). The quantitative estimate of drug-likeness (QED) is 0.785. The fourth-order valence-electron chi connectivity index (χ4n) is 1.47. The number of hydrogen-bond acceptors (Lipinski definition) is 4. The third-order valence-electron chi connectivity index (χ3n) is 2.52. The van der Waals surface area contributed by atoms with Gasteiger partial charge in [0.15, 0.2) is 0 Å². The number of rotatable bonds is 5. The van der Waals surface area contributed by atoms with Crippen molar-refractivity contribution >= 4 is 11.9 Å². The molecule has 0 atom stereocenters. The Morgan fingerprint density at radius 3 is 2.67 bits per heavy atom. The lowest BCUT2D eigenvalue weighted by Gasteiger charge is -2.23. The van der Waals surface area contributed by atoms with Gasteiger partial charge in [0.25, 0.3) is 5.91 Å². The van der Waals surface area contributed by atoms with Crippen LogP contribution in [0.15, 0.2) is 12.3 Å². The van der Waals surface area contributed by atoms with Crippen molar-refractivity contribution in [3.8, 4) is 0 Å². The topological polar surface area (TPSA) is 73.2 Å². The number of nitrogens with zero attached hydrogens (tertiary/aromatic N) is 2. The van der Waals surface area contributed by atoms with Gasteiger partial charge in [-0.15, -0.1) is 0 Å². The van der Waals surface area contributed by atoms with E-state index in [1.807, 2.05) is 13.8 Å². The summed E-state index contributed by atoms with van der Waals surface area (Å²) in [5.41, 5.74) is 0.0173. The number of hydrogen-bond donors (Lipinski definition) is 1. The van der Waals surface area contributed by atoms with Crippen LogP contribution in [0.1, 0.15) is 30.8 Å². The Kier molecular flexibility index (Phi) is 4.47. The monoisotopic (exact) mass is 253 g/mol. The summed E-state index contributed by atoms with van der Waals surface area (Å²) in [5.74, 6) is -0.527. The van der Waals surface area contributed by atoms with Crippen molar-refractivity contribution in [1.29, 1.82) is 0 Å². The van der Waals surface area contributed by atoms with Crippen molar-refractivity contribution in [3.05, 3.63) is 18.0 Å². The number of esters is 1. The van der Waals surface area contributed by atoms with E-state index in [0.29, 0.717) is 12.2 Å². The van der Waals surface area contributed by atoms with Crippen molar-refractivity contribution in [2.75, 3.05) is 13.7 Å². The molecule has 1 N–H and O–H groups in total. The van der Waals surface area contributed by atoms with Crippen molar-refractivity contribution in [3.63, 3.8) is 0 Å². The van der Waals surface area contributed by atoms with E-state index >= 15 is 0 Å². The third kappa shape index (κ3) is 4.20. The van der Waals surface area contributed by atoms with Gasteiger partial charge in [-0.25, -0.2) is 0 Å². The zero-order chi connectivity index (χ0) is 13.8. The Balaban J connectivity index is 2.49. The summed E-state index contributed by atoms with van der Waals surface area (Å²) in [7, 11) is 3.10. The number of aromatic nitrogens is 2. The molecule has 1 aromatic heterocycles. The molecule has 0 radical (unpaired) electrons. The largest absolute Gasteiger partial charge is 0.469 e. The number of amides is 1. The summed E-state index contributed by atoms with van der Waals surface area (Å²) in [5, 5.41) is 6.76. The minimum Gasteiger partial charge on any atom is -0.469 e. The summed E-state index contributed by atoms with van der Waals surface area (Å²) >= 11 is 0. The van der Waals surface area contributed by atoms with Gasteiger partial charge >= 0.3 is 5.97 Å². The van der Waals surface area contributed by atoms with Crippen LogP contribution < -0.4 is 5.32 Å². The predicted octanol–water partition coefficient (Wildman–Crippen LogP) is 0.739. The Labute approximate surface area is 106 Å². The minimum atomic E-state index is -0.350.